The molecule has 0 bridgehead atoms. The second-order valence-corrected chi connectivity index (χ2v) is 7.62. The van der Waals surface area contributed by atoms with Crippen LogP contribution in [0.2, 0.25) is 0 Å². The monoisotopic (exact) mass is 397 g/mol. The van der Waals surface area contributed by atoms with Crippen molar-refractivity contribution in [3.05, 3.63) is 59.2 Å². The molecule has 2 aromatic carbocycles. The summed E-state index contributed by atoms with van der Waals surface area (Å²) in [7, 11) is 3.17. The summed E-state index contributed by atoms with van der Waals surface area (Å²) in [6, 6.07) is 12.9. The van der Waals surface area contributed by atoms with Gasteiger partial charge in [0.15, 0.2) is 5.78 Å². The van der Waals surface area contributed by atoms with Gasteiger partial charge in [-0.15, -0.1) is 0 Å². The summed E-state index contributed by atoms with van der Waals surface area (Å²) >= 11 is 0. The highest BCUT2D eigenvalue weighted by Crippen LogP contribution is 2.29. The minimum atomic E-state index is -0.242. The van der Waals surface area contributed by atoms with Crippen molar-refractivity contribution >= 4 is 11.7 Å². The Kier molecular flexibility index (Phi) is 8.25. The summed E-state index contributed by atoms with van der Waals surface area (Å²) in [6.45, 7) is 6.22. The first-order chi connectivity index (χ1) is 13.8. The van der Waals surface area contributed by atoms with Gasteiger partial charge in [0.2, 0.25) is 5.91 Å². The number of Topliss-reactive ketones (excluding diaryl/α,β-unsaturated/α-hetero) is 1. The largest absolute Gasteiger partial charge is 0.497 e. The van der Waals surface area contributed by atoms with Crippen LogP contribution in [-0.4, -0.2) is 25.9 Å². The van der Waals surface area contributed by atoms with E-state index in [4.69, 9.17) is 9.47 Å². The van der Waals surface area contributed by atoms with Gasteiger partial charge in [0.25, 0.3) is 0 Å². The molecule has 0 saturated heterocycles. The molecule has 1 unspecified atom stereocenters. The van der Waals surface area contributed by atoms with E-state index in [2.05, 4.69) is 19.2 Å². The Bertz CT molecular complexity index is 827. The first kappa shape index (κ1) is 22.5. The van der Waals surface area contributed by atoms with Crippen LogP contribution >= 0.6 is 0 Å². The SMILES string of the molecule is COc1ccc(C(C)NC(=O)CCC(=O)c2ccc(CC(C)C)cc2)c(OC)c1. The van der Waals surface area contributed by atoms with Crippen molar-refractivity contribution in [2.45, 2.75) is 46.1 Å². The standard InChI is InChI=1S/C24H31NO4/c1-16(2)14-18-6-8-19(9-7-18)22(26)12-13-24(27)25-17(3)21-11-10-20(28-4)15-23(21)29-5/h6-11,15-17H,12-14H2,1-5H3,(H,25,27). The maximum Gasteiger partial charge on any atom is 0.220 e. The molecule has 2 rings (SSSR count). The van der Waals surface area contributed by atoms with E-state index >= 15 is 0 Å². The van der Waals surface area contributed by atoms with E-state index in [0.29, 0.717) is 23.0 Å². The summed E-state index contributed by atoms with van der Waals surface area (Å²) in [5, 5.41) is 2.93. The average molecular weight is 398 g/mol. The number of carbonyl (C=O) groups is 2. The van der Waals surface area contributed by atoms with Crippen molar-refractivity contribution in [2.75, 3.05) is 14.2 Å². The fourth-order valence-corrected chi connectivity index (χ4v) is 3.24. The number of hydrogen-bond acceptors (Lipinski definition) is 4. The zero-order valence-corrected chi connectivity index (χ0v) is 18.0. The molecule has 1 atom stereocenters. The highest BCUT2D eigenvalue weighted by molar-refractivity contribution is 5.98. The number of benzene rings is 2. The number of nitrogens with one attached hydrogen (secondary N) is 1. The maximum absolute atomic E-state index is 12.4. The van der Waals surface area contributed by atoms with Crippen LogP contribution in [0.5, 0.6) is 11.5 Å². The summed E-state index contributed by atoms with van der Waals surface area (Å²) in [5.74, 6) is 1.72. The molecule has 0 spiro atoms. The second kappa shape index (κ2) is 10.6. The number of methoxy groups -OCH3 is 2. The zero-order valence-electron chi connectivity index (χ0n) is 18.0. The lowest BCUT2D eigenvalue weighted by Crippen LogP contribution is -2.27. The van der Waals surface area contributed by atoms with E-state index < -0.39 is 0 Å². The normalized spacial score (nSPS) is 11.8. The van der Waals surface area contributed by atoms with E-state index in [-0.39, 0.29) is 30.6 Å². The molecule has 0 heterocycles. The fraction of sp³-hybridized carbons (Fsp3) is 0.417. The number of amides is 1. The van der Waals surface area contributed by atoms with Gasteiger partial charge in [0.1, 0.15) is 11.5 Å². The van der Waals surface area contributed by atoms with Crippen LogP contribution in [0.1, 0.15) is 61.1 Å². The third kappa shape index (κ3) is 6.63. The van der Waals surface area contributed by atoms with E-state index in [9.17, 15) is 9.59 Å². The number of hydrogen-bond donors (Lipinski definition) is 1. The molecule has 0 aliphatic rings. The molecule has 0 fully saturated rings. The molecule has 5 nitrogen and oxygen atoms in total. The van der Waals surface area contributed by atoms with Gasteiger partial charge in [-0.2, -0.15) is 0 Å². The summed E-state index contributed by atoms with van der Waals surface area (Å²) < 4.78 is 10.6. The number of rotatable bonds is 10. The van der Waals surface area contributed by atoms with Crippen molar-refractivity contribution in [1.82, 2.24) is 5.32 Å². The Balaban J connectivity index is 1.90. The summed E-state index contributed by atoms with van der Waals surface area (Å²) in [4.78, 5) is 24.7. The molecule has 2 aromatic rings. The topological polar surface area (TPSA) is 64.6 Å². The molecule has 1 amide bonds. The van der Waals surface area contributed by atoms with E-state index in [1.54, 1.807) is 20.3 Å². The highest BCUT2D eigenvalue weighted by atomic mass is 16.5. The van der Waals surface area contributed by atoms with E-state index in [0.717, 1.165) is 12.0 Å². The Morgan fingerprint density at radius 2 is 1.62 bits per heavy atom. The van der Waals surface area contributed by atoms with Gasteiger partial charge < -0.3 is 14.8 Å². The van der Waals surface area contributed by atoms with Crippen LogP contribution in [0.3, 0.4) is 0 Å². The highest BCUT2D eigenvalue weighted by Gasteiger charge is 2.16. The molecule has 29 heavy (non-hydrogen) atoms. The summed E-state index contributed by atoms with van der Waals surface area (Å²) in [5.41, 5.74) is 2.72. The predicted molar refractivity (Wildman–Crippen MR) is 115 cm³/mol. The molecule has 156 valence electrons. The third-order valence-corrected chi connectivity index (χ3v) is 4.78. The lowest BCUT2D eigenvalue weighted by atomic mass is 9.99. The molecule has 5 heteroatoms. The summed E-state index contributed by atoms with van der Waals surface area (Å²) in [6.07, 6.45) is 1.32. The van der Waals surface area contributed by atoms with Gasteiger partial charge in [-0.3, -0.25) is 9.59 Å². The Hall–Kier alpha value is -2.82. The molecule has 0 saturated carbocycles. The van der Waals surface area contributed by atoms with E-state index in [1.807, 2.05) is 43.3 Å². The van der Waals surface area contributed by atoms with Gasteiger partial charge >= 0.3 is 0 Å². The zero-order chi connectivity index (χ0) is 21.4. The van der Waals surface area contributed by atoms with Crippen molar-refractivity contribution in [2.24, 2.45) is 5.92 Å². The maximum atomic E-state index is 12.4. The molecular weight excluding hydrogens is 366 g/mol. The van der Waals surface area contributed by atoms with Crippen LogP contribution in [-0.2, 0) is 11.2 Å². The van der Waals surface area contributed by atoms with Gasteiger partial charge in [-0.1, -0.05) is 38.1 Å². The van der Waals surface area contributed by atoms with Gasteiger partial charge in [0, 0.05) is 30.0 Å². The molecular formula is C24H31NO4. The first-order valence-electron chi connectivity index (χ1n) is 9.97. The molecule has 0 aliphatic carbocycles. The first-order valence-corrected chi connectivity index (χ1v) is 9.97. The van der Waals surface area contributed by atoms with Gasteiger partial charge in [-0.25, -0.2) is 0 Å². The fourth-order valence-electron chi connectivity index (χ4n) is 3.24. The Morgan fingerprint density at radius 3 is 2.21 bits per heavy atom. The molecule has 0 radical (unpaired) electrons. The van der Waals surface area contributed by atoms with Crippen molar-refractivity contribution in [3.63, 3.8) is 0 Å². The van der Waals surface area contributed by atoms with Crippen LogP contribution in [0.15, 0.2) is 42.5 Å². The van der Waals surface area contributed by atoms with Crippen LogP contribution in [0.25, 0.3) is 0 Å². The van der Waals surface area contributed by atoms with Crippen molar-refractivity contribution in [1.29, 1.82) is 0 Å². The van der Waals surface area contributed by atoms with Crippen LogP contribution in [0.4, 0.5) is 0 Å². The Labute approximate surface area is 173 Å². The average Bonchev–Trinajstić information content (AvgIpc) is 2.71. The second-order valence-electron chi connectivity index (χ2n) is 7.62. The van der Waals surface area contributed by atoms with Gasteiger partial charge in [-0.05, 0) is 37.0 Å². The Morgan fingerprint density at radius 1 is 0.931 bits per heavy atom. The molecule has 0 aliphatic heterocycles. The minimum Gasteiger partial charge on any atom is -0.497 e. The smallest absolute Gasteiger partial charge is 0.220 e. The van der Waals surface area contributed by atoms with Crippen LogP contribution < -0.4 is 14.8 Å². The van der Waals surface area contributed by atoms with E-state index in [1.165, 1.54) is 5.56 Å². The van der Waals surface area contributed by atoms with Crippen molar-refractivity contribution < 1.29 is 19.1 Å². The minimum absolute atomic E-state index is 0.0223. The van der Waals surface area contributed by atoms with Crippen LogP contribution in [0, 0.1) is 5.92 Å². The predicted octanol–water partition coefficient (Wildman–Crippen LogP) is 4.74. The third-order valence-electron chi connectivity index (χ3n) is 4.78. The molecule has 0 aromatic heterocycles. The molecule has 1 N–H and O–H groups in total. The van der Waals surface area contributed by atoms with Crippen molar-refractivity contribution in [3.8, 4) is 11.5 Å². The lowest BCUT2D eigenvalue weighted by Gasteiger charge is -2.18. The number of ketones is 1. The lowest BCUT2D eigenvalue weighted by molar-refractivity contribution is -0.121. The number of ether oxygens (including phenoxy) is 2. The van der Waals surface area contributed by atoms with Gasteiger partial charge in [0.05, 0.1) is 20.3 Å². The number of carbonyl (C=O) groups excluding carboxylic acids is 2. The quantitative estimate of drug-likeness (QED) is 0.588.